The van der Waals surface area contributed by atoms with E-state index in [1.165, 1.54) is 44.6 Å². The molecule has 1 aromatic heterocycles. The number of fused-ring (bicyclic) bond motifs is 13. The van der Waals surface area contributed by atoms with Crippen molar-refractivity contribution in [1.82, 2.24) is 0 Å². The van der Waals surface area contributed by atoms with Gasteiger partial charge in [-0.05, 0) is 57.6 Å². The number of hydrogen-bond donors (Lipinski definition) is 1. The van der Waals surface area contributed by atoms with Crippen LogP contribution < -0.4 is 10.2 Å². The Kier molecular flexibility index (Phi) is 3.92. The lowest BCUT2D eigenvalue weighted by atomic mass is 9.82. The van der Waals surface area contributed by atoms with Gasteiger partial charge in [-0.2, -0.15) is 0 Å². The molecule has 9 rings (SSSR count). The van der Waals surface area contributed by atoms with Gasteiger partial charge in [-0.3, -0.25) is 0 Å². The van der Waals surface area contributed by atoms with Crippen molar-refractivity contribution in [2.45, 2.75) is 25.4 Å². The highest BCUT2D eigenvalue weighted by molar-refractivity contribution is 6.08. The Morgan fingerprint density at radius 2 is 1.46 bits per heavy atom. The van der Waals surface area contributed by atoms with Crippen molar-refractivity contribution < 1.29 is 4.42 Å². The third-order valence-electron chi connectivity index (χ3n) is 9.04. The van der Waals surface area contributed by atoms with Crippen molar-refractivity contribution in [1.29, 1.82) is 0 Å². The normalized spacial score (nSPS) is 17.1. The number of hydrogen-bond acceptors (Lipinski definition) is 3. The smallest absolute Gasteiger partial charge is 0.159 e. The molecule has 0 saturated heterocycles. The molecule has 39 heavy (non-hydrogen) atoms. The van der Waals surface area contributed by atoms with E-state index in [0.717, 1.165) is 33.7 Å². The maximum absolute atomic E-state index is 6.64. The molecule has 3 heteroatoms. The number of rotatable bonds is 1. The van der Waals surface area contributed by atoms with Crippen molar-refractivity contribution in [3.8, 4) is 33.6 Å². The molecule has 0 amide bonds. The quantitative estimate of drug-likeness (QED) is 0.243. The maximum atomic E-state index is 6.64. The van der Waals surface area contributed by atoms with E-state index in [-0.39, 0.29) is 11.6 Å². The Morgan fingerprint density at radius 3 is 2.38 bits per heavy atom. The second kappa shape index (κ2) is 7.21. The van der Waals surface area contributed by atoms with Crippen LogP contribution >= 0.6 is 0 Å². The van der Waals surface area contributed by atoms with Crippen LogP contribution in [-0.4, -0.2) is 0 Å². The number of para-hydroxylation sites is 2. The van der Waals surface area contributed by atoms with Crippen LogP contribution in [0.4, 0.5) is 17.1 Å². The molecule has 3 aliphatic rings. The van der Waals surface area contributed by atoms with Gasteiger partial charge in [0.2, 0.25) is 0 Å². The van der Waals surface area contributed by atoms with E-state index < -0.39 is 0 Å². The fraction of sp³-hybridized carbons (Fsp3) is 0.111. The number of anilines is 3. The van der Waals surface area contributed by atoms with Crippen LogP contribution in [0.5, 0.6) is 0 Å². The number of benzene rings is 5. The highest BCUT2D eigenvalue weighted by atomic mass is 16.3. The third kappa shape index (κ3) is 2.62. The minimum atomic E-state index is -0.0251. The van der Waals surface area contributed by atoms with Gasteiger partial charge in [0.05, 0.1) is 17.1 Å². The first-order valence-corrected chi connectivity index (χ1v) is 13.7. The lowest BCUT2D eigenvalue weighted by Crippen LogP contribution is -2.27. The van der Waals surface area contributed by atoms with E-state index >= 15 is 0 Å². The van der Waals surface area contributed by atoms with Crippen LogP contribution in [0.1, 0.15) is 36.7 Å². The lowest BCUT2D eigenvalue weighted by Gasteiger charge is -2.32. The Morgan fingerprint density at radius 1 is 0.718 bits per heavy atom. The zero-order chi connectivity index (χ0) is 25.9. The minimum Gasteiger partial charge on any atom is -0.454 e. The average Bonchev–Trinajstić information content (AvgIpc) is 3.62. The summed E-state index contributed by atoms with van der Waals surface area (Å²) in [7, 11) is 0. The first-order valence-electron chi connectivity index (χ1n) is 13.7. The van der Waals surface area contributed by atoms with E-state index in [4.69, 9.17) is 4.42 Å². The van der Waals surface area contributed by atoms with E-state index in [2.05, 4.69) is 133 Å². The summed E-state index contributed by atoms with van der Waals surface area (Å²) in [6.45, 7) is 4.68. The molecule has 3 heterocycles. The summed E-state index contributed by atoms with van der Waals surface area (Å²) in [6.07, 6.45) is 0.0317. The Bertz CT molecular complexity index is 2000. The van der Waals surface area contributed by atoms with Gasteiger partial charge in [0.15, 0.2) is 5.76 Å². The second-order valence-corrected chi connectivity index (χ2v) is 11.4. The number of furan rings is 1. The first kappa shape index (κ1) is 21.2. The fourth-order valence-corrected chi connectivity index (χ4v) is 7.23. The molecule has 186 valence electrons. The molecule has 0 fully saturated rings. The van der Waals surface area contributed by atoms with Crippen LogP contribution in [0.15, 0.2) is 114 Å². The molecule has 6 aromatic rings. The molecule has 3 nitrogen and oxygen atoms in total. The third-order valence-corrected chi connectivity index (χ3v) is 9.04. The average molecular weight is 503 g/mol. The predicted molar refractivity (Wildman–Crippen MR) is 160 cm³/mol. The molecule has 0 radical (unpaired) electrons. The van der Waals surface area contributed by atoms with E-state index in [1.807, 2.05) is 0 Å². The van der Waals surface area contributed by atoms with Crippen molar-refractivity contribution in [3.05, 3.63) is 126 Å². The molecule has 0 saturated carbocycles. The molecule has 2 aliphatic heterocycles. The van der Waals surface area contributed by atoms with E-state index in [9.17, 15) is 0 Å². The molecule has 1 atom stereocenters. The monoisotopic (exact) mass is 502 g/mol. The highest BCUT2D eigenvalue weighted by Crippen LogP contribution is 2.58. The minimum absolute atomic E-state index is 0.0251. The predicted octanol–water partition coefficient (Wildman–Crippen LogP) is 9.65. The lowest BCUT2D eigenvalue weighted by molar-refractivity contribution is 0.622. The van der Waals surface area contributed by atoms with Gasteiger partial charge in [-0.25, -0.2) is 0 Å². The van der Waals surface area contributed by atoms with Gasteiger partial charge in [0.1, 0.15) is 11.7 Å². The van der Waals surface area contributed by atoms with Gasteiger partial charge >= 0.3 is 0 Å². The van der Waals surface area contributed by atoms with Crippen LogP contribution in [0, 0.1) is 0 Å². The summed E-state index contributed by atoms with van der Waals surface area (Å²) in [6, 6.07) is 39.6. The molecule has 5 aromatic carbocycles. The summed E-state index contributed by atoms with van der Waals surface area (Å²) in [5.41, 5.74) is 14.7. The second-order valence-electron chi connectivity index (χ2n) is 11.4. The van der Waals surface area contributed by atoms with Crippen molar-refractivity contribution in [2.75, 3.05) is 10.2 Å². The summed E-state index contributed by atoms with van der Waals surface area (Å²) in [5, 5.41) is 4.91. The van der Waals surface area contributed by atoms with Gasteiger partial charge in [-0.1, -0.05) is 98.8 Å². The molecule has 1 unspecified atom stereocenters. The summed E-state index contributed by atoms with van der Waals surface area (Å²) >= 11 is 0. The summed E-state index contributed by atoms with van der Waals surface area (Å²) < 4.78 is 6.64. The molecular weight excluding hydrogens is 476 g/mol. The summed E-state index contributed by atoms with van der Waals surface area (Å²) in [5.74, 6) is 0.942. The molecular formula is C36H26N2O. The van der Waals surface area contributed by atoms with Crippen LogP contribution in [0.2, 0.25) is 0 Å². The highest BCUT2D eigenvalue weighted by Gasteiger charge is 2.41. The van der Waals surface area contributed by atoms with Gasteiger partial charge < -0.3 is 14.6 Å². The summed E-state index contributed by atoms with van der Waals surface area (Å²) in [4.78, 5) is 2.43. The maximum Gasteiger partial charge on any atom is 0.159 e. The largest absolute Gasteiger partial charge is 0.454 e. The Labute approximate surface area is 227 Å². The van der Waals surface area contributed by atoms with Crippen LogP contribution in [0.25, 0.3) is 44.5 Å². The zero-order valence-electron chi connectivity index (χ0n) is 21.8. The van der Waals surface area contributed by atoms with Crippen molar-refractivity contribution in [3.63, 3.8) is 0 Å². The first-order chi connectivity index (χ1) is 19.1. The van der Waals surface area contributed by atoms with Crippen molar-refractivity contribution in [2.24, 2.45) is 0 Å². The zero-order valence-corrected chi connectivity index (χ0v) is 21.8. The Hall–Kier alpha value is -4.76. The standard InChI is InChI=1S/C36H26N2O/c1-36(2)27-14-6-5-12-25(27)32-22(13-9-15-28(32)36)21-18-19-31-26(20-21)33-34(39-31)23-10-3-4-11-24(23)35-37-29-16-7-8-17-30(29)38(33)35/h3-20,35,37H,1-2H3. The van der Waals surface area contributed by atoms with E-state index in [1.54, 1.807) is 0 Å². The molecule has 0 spiro atoms. The van der Waals surface area contributed by atoms with Gasteiger partial charge in [0, 0.05) is 21.9 Å². The van der Waals surface area contributed by atoms with Gasteiger partial charge in [-0.15, -0.1) is 0 Å². The number of nitrogens with one attached hydrogen (secondary N) is 1. The van der Waals surface area contributed by atoms with Crippen LogP contribution in [-0.2, 0) is 5.41 Å². The molecule has 1 aliphatic carbocycles. The molecule has 0 bridgehead atoms. The fourth-order valence-electron chi connectivity index (χ4n) is 7.23. The number of nitrogens with zero attached hydrogens (tertiary/aromatic N) is 1. The van der Waals surface area contributed by atoms with Crippen molar-refractivity contribution >= 4 is 28.0 Å². The molecule has 1 N–H and O–H groups in total. The SMILES string of the molecule is CC1(C)c2ccccc2-c2c(-c3ccc4oc5c(c4c3)N3c4ccccc4NC3c3ccccc3-5)cccc21. The Balaban J connectivity index is 1.32. The van der Waals surface area contributed by atoms with E-state index in [0.29, 0.717) is 0 Å². The van der Waals surface area contributed by atoms with Gasteiger partial charge in [0.25, 0.3) is 0 Å². The topological polar surface area (TPSA) is 28.4 Å². The van der Waals surface area contributed by atoms with Crippen LogP contribution in [0.3, 0.4) is 0 Å².